The van der Waals surface area contributed by atoms with Crippen LogP contribution in [0.25, 0.3) is 0 Å². The normalized spacial score (nSPS) is 25.2. The number of hydrogen-bond acceptors (Lipinski definition) is 0. The summed E-state index contributed by atoms with van der Waals surface area (Å²) in [6.45, 7) is 9.82. The lowest BCUT2D eigenvalue weighted by atomic mass is 9.87. The molecule has 0 spiro atoms. The van der Waals surface area contributed by atoms with Gasteiger partial charge in [-0.25, -0.2) is 0 Å². The number of unbranched alkanes of at least 4 members (excludes halogenated alkanes) is 2. The Labute approximate surface area is 132 Å². The molecule has 1 aliphatic rings. The second-order valence-electron chi connectivity index (χ2n) is 7.40. The third-order valence-electron chi connectivity index (χ3n) is 4.98. The van der Waals surface area contributed by atoms with E-state index in [0.717, 1.165) is 0 Å². The van der Waals surface area contributed by atoms with Crippen molar-refractivity contribution in [3.8, 4) is 0 Å². The molecule has 0 nitrogen and oxygen atoms in total. The van der Waals surface area contributed by atoms with Crippen LogP contribution in [0.2, 0.25) is 24.7 Å². The molecule has 1 aliphatic carbocycles. The van der Waals surface area contributed by atoms with E-state index in [2.05, 4.69) is 81.2 Å². The Balaban J connectivity index is 2.17. The maximum Gasteiger partial charge on any atom is 0.0596 e. The first-order valence-corrected chi connectivity index (χ1v) is 11.9. The van der Waals surface area contributed by atoms with Crippen LogP contribution in [0.5, 0.6) is 0 Å². The van der Waals surface area contributed by atoms with Gasteiger partial charge in [-0.15, -0.1) is 0 Å². The minimum absolute atomic E-state index is 0.355. The molecular weight excluding hydrogens is 268 g/mol. The van der Waals surface area contributed by atoms with Gasteiger partial charge in [0.1, 0.15) is 0 Å². The molecule has 1 aromatic rings. The van der Waals surface area contributed by atoms with E-state index in [1.54, 1.807) is 0 Å². The van der Waals surface area contributed by atoms with Crippen LogP contribution in [0.4, 0.5) is 0 Å². The second-order valence-corrected chi connectivity index (χ2v) is 12.8. The largest absolute Gasteiger partial charge is 0.0804 e. The highest BCUT2D eigenvalue weighted by atomic mass is 28.3. The molecule has 114 valence electrons. The highest BCUT2D eigenvalue weighted by Crippen LogP contribution is 2.49. The fourth-order valence-electron chi connectivity index (χ4n) is 3.28. The first kappa shape index (κ1) is 16.3. The Morgan fingerprint density at radius 1 is 0.952 bits per heavy atom. The molecule has 0 aromatic heterocycles. The third kappa shape index (κ3) is 3.77. The molecular formula is C20H30Si. The Morgan fingerprint density at radius 3 is 2.10 bits per heavy atom. The summed E-state index contributed by atoms with van der Waals surface area (Å²) in [5, 5.41) is 0.355. The zero-order valence-corrected chi connectivity index (χ0v) is 15.1. The number of benzene rings is 1. The summed E-state index contributed by atoms with van der Waals surface area (Å²) in [5.41, 5.74) is 1.41. The quantitative estimate of drug-likeness (QED) is 0.317. The van der Waals surface area contributed by atoms with Crippen molar-refractivity contribution in [2.24, 2.45) is 0 Å². The standard InChI is InChI=1S/C20H30Si/c1-5-6-10-15-20(21(2,3)4)16-13-19(14-17-20)18-11-8-7-9-12-18/h7-9,11-14,16-17,19H,5-6,10,15H2,1-4H3. The summed E-state index contributed by atoms with van der Waals surface area (Å²) in [5.74, 6) is 0.460. The van der Waals surface area contributed by atoms with Crippen molar-refractivity contribution in [1.29, 1.82) is 0 Å². The lowest BCUT2D eigenvalue weighted by molar-refractivity contribution is 0.603. The molecule has 0 aliphatic heterocycles. The molecule has 0 unspecified atom stereocenters. The van der Waals surface area contributed by atoms with E-state index in [0.29, 0.717) is 11.0 Å². The van der Waals surface area contributed by atoms with Gasteiger partial charge >= 0.3 is 0 Å². The molecule has 0 heterocycles. The Hall–Kier alpha value is -1.08. The maximum absolute atomic E-state index is 2.55. The molecule has 21 heavy (non-hydrogen) atoms. The van der Waals surface area contributed by atoms with Gasteiger partial charge in [0.2, 0.25) is 0 Å². The van der Waals surface area contributed by atoms with Crippen LogP contribution in [0.1, 0.15) is 44.1 Å². The van der Waals surface area contributed by atoms with Gasteiger partial charge in [0.15, 0.2) is 0 Å². The summed E-state index contributed by atoms with van der Waals surface area (Å²) in [7, 11) is -1.26. The van der Waals surface area contributed by atoms with E-state index in [1.807, 2.05) is 0 Å². The van der Waals surface area contributed by atoms with Crippen LogP contribution in [0, 0.1) is 0 Å². The van der Waals surface area contributed by atoms with E-state index in [-0.39, 0.29) is 0 Å². The smallest absolute Gasteiger partial charge is 0.0596 e. The van der Waals surface area contributed by atoms with Gasteiger partial charge in [0.05, 0.1) is 8.07 Å². The predicted octanol–water partition coefficient (Wildman–Crippen LogP) is 6.56. The van der Waals surface area contributed by atoms with Crippen molar-refractivity contribution in [3.05, 3.63) is 60.2 Å². The molecule has 2 rings (SSSR count). The monoisotopic (exact) mass is 298 g/mol. The van der Waals surface area contributed by atoms with Crippen molar-refractivity contribution in [2.75, 3.05) is 0 Å². The minimum atomic E-state index is -1.26. The van der Waals surface area contributed by atoms with Crippen LogP contribution in [-0.2, 0) is 0 Å². The highest BCUT2D eigenvalue weighted by molar-refractivity contribution is 6.80. The Bertz CT molecular complexity index is 476. The van der Waals surface area contributed by atoms with E-state index < -0.39 is 8.07 Å². The van der Waals surface area contributed by atoms with Crippen LogP contribution in [-0.4, -0.2) is 8.07 Å². The van der Waals surface area contributed by atoms with E-state index in [9.17, 15) is 0 Å². The van der Waals surface area contributed by atoms with Crippen molar-refractivity contribution >= 4 is 8.07 Å². The molecule has 0 amide bonds. The average molecular weight is 299 g/mol. The van der Waals surface area contributed by atoms with Crippen molar-refractivity contribution in [3.63, 3.8) is 0 Å². The fraction of sp³-hybridized carbons (Fsp3) is 0.500. The SMILES string of the molecule is CCCCCC1([Si](C)(C)C)C=CC(c2ccccc2)C=C1. The summed E-state index contributed by atoms with van der Waals surface area (Å²) < 4.78 is 0. The topological polar surface area (TPSA) is 0 Å². The Morgan fingerprint density at radius 2 is 1.57 bits per heavy atom. The van der Waals surface area contributed by atoms with Crippen molar-refractivity contribution in [2.45, 2.75) is 63.2 Å². The maximum atomic E-state index is 2.55. The number of hydrogen-bond donors (Lipinski definition) is 0. The molecule has 0 radical (unpaired) electrons. The zero-order chi connectivity index (χ0) is 15.3. The van der Waals surface area contributed by atoms with Crippen molar-refractivity contribution in [1.82, 2.24) is 0 Å². The van der Waals surface area contributed by atoms with Crippen LogP contribution in [0.15, 0.2) is 54.6 Å². The first-order chi connectivity index (χ1) is 9.98. The number of rotatable bonds is 6. The van der Waals surface area contributed by atoms with Gasteiger partial charge in [-0.3, -0.25) is 0 Å². The van der Waals surface area contributed by atoms with Gasteiger partial charge in [-0.05, 0) is 12.0 Å². The van der Waals surface area contributed by atoms with Gasteiger partial charge in [-0.2, -0.15) is 0 Å². The molecule has 1 heteroatoms. The van der Waals surface area contributed by atoms with Crippen LogP contribution < -0.4 is 0 Å². The predicted molar refractivity (Wildman–Crippen MR) is 97.6 cm³/mol. The summed E-state index contributed by atoms with van der Waals surface area (Å²) in [6, 6.07) is 10.8. The van der Waals surface area contributed by atoms with Gasteiger partial charge < -0.3 is 0 Å². The molecule has 0 fully saturated rings. The molecule has 0 saturated heterocycles. The van der Waals surface area contributed by atoms with E-state index in [1.165, 1.54) is 31.2 Å². The van der Waals surface area contributed by atoms with Gasteiger partial charge in [0, 0.05) is 11.0 Å². The zero-order valence-electron chi connectivity index (χ0n) is 14.1. The van der Waals surface area contributed by atoms with Crippen LogP contribution in [0.3, 0.4) is 0 Å². The van der Waals surface area contributed by atoms with Gasteiger partial charge in [0.25, 0.3) is 0 Å². The third-order valence-corrected chi connectivity index (χ3v) is 8.35. The molecule has 0 atom stereocenters. The molecule has 0 bridgehead atoms. The van der Waals surface area contributed by atoms with Crippen LogP contribution >= 0.6 is 0 Å². The van der Waals surface area contributed by atoms with E-state index in [4.69, 9.17) is 0 Å². The second kappa shape index (κ2) is 6.78. The first-order valence-electron chi connectivity index (χ1n) is 8.42. The summed E-state index contributed by atoms with van der Waals surface area (Å²) in [4.78, 5) is 0. The molecule has 1 aromatic carbocycles. The van der Waals surface area contributed by atoms with Crippen molar-refractivity contribution < 1.29 is 0 Å². The lowest BCUT2D eigenvalue weighted by Crippen LogP contribution is -2.38. The minimum Gasteiger partial charge on any atom is -0.0804 e. The summed E-state index contributed by atoms with van der Waals surface area (Å²) in [6.07, 6.45) is 15.3. The van der Waals surface area contributed by atoms with E-state index >= 15 is 0 Å². The summed E-state index contributed by atoms with van der Waals surface area (Å²) >= 11 is 0. The lowest BCUT2D eigenvalue weighted by Gasteiger charge is -2.41. The number of allylic oxidation sites excluding steroid dienone is 4. The van der Waals surface area contributed by atoms with Gasteiger partial charge in [-0.1, -0.05) is 100 Å². The molecule has 0 N–H and O–H groups in total. The Kier molecular flexibility index (Phi) is 5.26. The average Bonchev–Trinajstić information content (AvgIpc) is 2.48. The fourth-order valence-corrected chi connectivity index (χ4v) is 5.40. The highest BCUT2D eigenvalue weighted by Gasteiger charge is 2.39. The molecule has 0 saturated carbocycles.